The van der Waals surface area contributed by atoms with Gasteiger partial charge in [0, 0.05) is 18.3 Å². The average Bonchev–Trinajstić information content (AvgIpc) is 2.71. The highest BCUT2D eigenvalue weighted by atomic mass is 32.2. The van der Waals surface area contributed by atoms with Crippen molar-refractivity contribution >= 4 is 15.7 Å². The number of nitrogens with two attached hydrogens (primary N) is 1. The van der Waals surface area contributed by atoms with Crippen LogP contribution in [0, 0.1) is 5.92 Å². The van der Waals surface area contributed by atoms with Gasteiger partial charge in [-0.05, 0) is 44.4 Å². The summed E-state index contributed by atoms with van der Waals surface area (Å²) in [4.78, 5) is 0.167. The lowest BCUT2D eigenvalue weighted by molar-refractivity contribution is 0.328. The third-order valence-electron chi connectivity index (χ3n) is 3.58. The molecule has 0 saturated carbocycles. The maximum absolute atomic E-state index is 12.8. The van der Waals surface area contributed by atoms with Gasteiger partial charge >= 0.3 is 0 Å². The van der Waals surface area contributed by atoms with E-state index in [1.54, 1.807) is 16.4 Å². The lowest BCUT2D eigenvalue weighted by atomic mass is 10.1. The van der Waals surface area contributed by atoms with Crippen LogP contribution in [-0.2, 0) is 10.0 Å². The van der Waals surface area contributed by atoms with E-state index in [0.717, 1.165) is 6.42 Å². The summed E-state index contributed by atoms with van der Waals surface area (Å²) < 4.78 is 32.6. The molecule has 0 aliphatic carbocycles. The first-order valence-electron chi connectivity index (χ1n) is 6.90. The second kappa shape index (κ2) is 5.61. The van der Waals surface area contributed by atoms with Gasteiger partial charge in [0.2, 0.25) is 10.0 Å². The first kappa shape index (κ1) is 15.1. The molecule has 2 atom stereocenters. The van der Waals surface area contributed by atoms with Gasteiger partial charge in [-0.1, -0.05) is 6.92 Å². The fourth-order valence-corrected chi connectivity index (χ4v) is 4.65. The van der Waals surface area contributed by atoms with Crippen LogP contribution in [0.15, 0.2) is 23.1 Å². The molecule has 0 radical (unpaired) electrons. The average molecular weight is 298 g/mol. The largest absolute Gasteiger partial charge is 0.492 e. The topological polar surface area (TPSA) is 72.6 Å². The summed E-state index contributed by atoms with van der Waals surface area (Å²) in [5, 5.41) is 0. The molecule has 0 spiro atoms. The summed E-state index contributed by atoms with van der Waals surface area (Å²) in [6, 6.07) is 4.76. The fraction of sp³-hybridized carbons (Fsp3) is 0.571. The van der Waals surface area contributed by atoms with Crippen LogP contribution in [0.5, 0.6) is 5.75 Å². The Morgan fingerprint density at radius 2 is 2.10 bits per heavy atom. The van der Waals surface area contributed by atoms with Crippen molar-refractivity contribution in [3.8, 4) is 5.75 Å². The number of nitrogen functional groups attached to an aromatic ring is 1. The molecule has 0 aromatic heterocycles. The van der Waals surface area contributed by atoms with Crippen molar-refractivity contribution in [2.45, 2.75) is 38.1 Å². The zero-order valence-corrected chi connectivity index (χ0v) is 13.0. The number of ether oxygens (including phenoxy) is 1. The predicted octanol–water partition coefficient (Wildman–Crippen LogP) is 2.09. The fourth-order valence-electron chi connectivity index (χ4n) is 2.72. The molecule has 1 aromatic carbocycles. The Morgan fingerprint density at radius 1 is 1.40 bits per heavy atom. The normalized spacial score (nSPS) is 23.9. The minimum Gasteiger partial charge on any atom is -0.492 e. The Hall–Kier alpha value is -1.27. The van der Waals surface area contributed by atoms with E-state index in [9.17, 15) is 8.42 Å². The summed E-state index contributed by atoms with van der Waals surface area (Å²) in [5.74, 6) is 0.741. The molecule has 1 aromatic rings. The molecule has 1 fully saturated rings. The van der Waals surface area contributed by atoms with Gasteiger partial charge in [0.05, 0.1) is 6.61 Å². The summed E-state index contributed by atoms with van der Waals surface area (Å²) in [7, 11) is -3.57. The SMILES string of the molecule is CCOc1ccc(N)cc1S(=O)(=O)N1CC(C)CC1C. The lowest BCUT2D eigenvalue weighted by Crippen LogP contribution is -2.34. The number of hydrogen-bond acceptors (Lipinski definition) is 4. The molecule has 2 N–H and O–H groups in total. The van der Waals surface area contributed by atoms with E-state index in [4.69, 9.17) is 10.5 Å². The quantitative estimate of drug-likeness (QED) is 0.864. The molecular formula is C14H22N2O3S. The summed E-state index contributed by atoms with van der Waals surface area (Å²) >= 11 is 0. The van der Waals surface area contributed by atoms with E-state index in [2.05, 4.69) is 6.92 Å². The van der Waals surface area contributed by atoms with Crippen LogP contribution in [0.1, 0.15) is 27.2 Å². The van der Waals surface area contributed by atoms with Gasteiger partial charge in [-0.2, -0.15) is 4.31 Å². The van der Waals surface area contributed by atoms with Crippen molar-refractivity contribution in [3.05, 3.63) is 18.2 Å². The molecule has 2 unspecified atom stereocenters. The van der Waals surface area contributed by atoms with E-state index >= 15 is 0 Å². The van der Waals surface area contributed by atoms with Gasteiger partial charge in [-0.25, -0.2) is 8.42 Å². The van der Waals surface area contributed by atoms with Crippen molar-refractivity contribution in [3.63, 3.8) is 0 Å². The van der Waals surface area contributed by atoms with E-state index in [1.165, 1.54) is 6.07 Å². The van der Waals surface area contributed by atoms with Crippen molar-refractivity contribution in [1.82, 2.24) is 4.31 Å². The van der Waals surface area contributed by atoms with Crippen LogP contribution in [0.2, 0.25) is 0 Å². The smallest absolute Gasteiger partial charge is 0.247 e. The van der Waals surface area contributed by atoms with Crippen LogP contribution >= 0.6 is 0 Å². The second-order valence-corrected chi connectivity index (χ2v) is 7.26. The summed E-state index contributed by atoms with van der Waals surface area (Å²) in [5.41, 5.74) is 6.17. The standard InChI is InChI=1S/C14H22N2O3S/c1-4-19-13-6-5-12(15)8-14(13)20(17,18)16-9-10(2)7-11(16)3/h5-6,8,10-11H,4,7,9,15H2,1-3H3. The van der Waals surface area contributed by atoms with Crippen LogP contribution in [-0.4, -0.2) is 31.9 Å². The molecule has 1 aliphatic heterocycles. The van der Waals surface area contributed by atoms with Crippen molar-refractivity contribution in [2.75, 3.05) is 18.9 Å². The number of benzene rings is 1. The molecule has 0 amide bonds. The Kier molecular flexibility index (Phi) is 4.25. The molecule has 20 heavy (non-hydrogen) atoms. The number of sulfonamides is 1. The van der Waals surface area contributed by atoms with Gasteiger partial charge in [-0.15, -0.1) is 0 Å². The number of anilines is 1. The molecule has 5 nitrogen and oxygen atoms in total. The van der Waals surface area contributed by atoms with Crippen molar-refractivity contribution < 1.29 is 13.2 Å². The third-order valence-corrected chi connectivity index (χ3v) is 5.58. The maximum Gasteiger partial charge on any atom is 0.247 e. The Bertz CT molecular complexity index is 586. The molecule has 0 bridgehead atoms. The highest BCUT2D eigenvalue weighted by Crippen LogP contribution is 2.34. The van der Waals surface area contributed by atoms with Gasteiger partial charge in [-0.3, -0.25) is 0 Å². The molecule has 1 aliphatic rings. The third kappa shape index (κ3) is 2.76. The van der Waals surface area contributed by atoms with E-state index in [0.29, 0.717) is 30.5 Å². The van der Waals surface area contributed by atoms with E-state index in [-0.39, 0.29) is 10.9 Å². The first-order valence-corrected chi connectivity index (χ1v) is 8.34. The van der Waals surface area contributed by atoms with Crippen LogP contribution in [0.25, 0.3) is 0 Å². The lowest BCUT2D eigenvalue weighted by Gasteiger charge is -2.22. The van der Waals surface area contributed by atoms with Gasteiger partial charge in [0.15, 0.2) is 0 Å². The second-order valence-electron chi connectivity index (χ2n) is 5.40. The Labute approximate surface area is 120 Å². The highest BCUT2D eigenvalue weighted by molar-refractivity contribution is 7.89. The van der Waals surface area contributed by atoms with Gasteiger partial charge < -0.3 is 10.5 Å². The van der Waals surface area contributed by atoms with E-state index in [1.807, 2.05) is 13.8 Å². The molecule has 1 saturated heterocycles. The summed E-state index contributed by atoms with van der Waals surface area (Å²) in [6.07, 6.45) is 0.880. The summed E-state index contributed by atoms with van der Waals surface area (Å²) in [6.45, 7) is 6.79. The maximum atomic E-state index is 12.8. The van der Waals surface area contributed by atoms with Gasteiger partial charge in [0.1, 0.15) is 10.6 Å². The van der Waals surface area contributed by atoms with Gasteiger partial charge in [0.25, 0.3) is 0 Å². The zero-order valence-electron chi connectivity index (χ0n) is 12.2. The number of nitrogens with zero attached hydrogens (tertiary/aromatic N) is 1. The van der Waals surface area contributed by atoms with Crippen molar-refractivity contribution in [2.24, 2.45) is 5.92 Å². The Morgan fingerprint density at radius 3 is 2.65 bits per heavy atom. The molecule has 6 heteroatoms. The van der Waals surface area contributed by atoms with Crippen LogP contribution in [0.4, 0.5) is 5.69 Å². The molecule has 1 heterocycles. The monoisotopic (exact) mass is 298 g/mol. The zero-order chi connectivity index (χ0) is 14.9. The molecule has 2 rings (SSSR count). The number of hydrogen-bond donors (Lipinski definition) is 1. The molecular weight excluding hydrogens is 276 g/mol. The van der Waals surface area contributed by atoms with Crippen molar-refractivity contribution in [1.29, 1.82) is 0 Å². The number of rotatable bonds is 4. The first-order chi connectivity index (χ1) is 9.36. The molecule has 112 valence electrons. The van der Waals surface area contributed by atoms with Crippen LogP contribution < -0.4 is 10.5 Å². The van der Waals surface area contributed by atoms with E-state index < -0.39 is 10.0 Å². The minimum absolute atomic E-state index is 0.00547. The minimum atomic E-state index is -3.57. The Balaban J connectivity index is 2.46. The predicted molar refractivity (Wildman–Crippen MR) is 79.2 cm³/mol. The van der Waals surface area contributed by atoms with Crippen LogP contribution in [0.3, 0.4) is 0 Å². The highest BCUT2D eigenvalue weighted by Gasteiger charge is 2.37.